The summed E-state index contributed by atoms with van der Waals surface area (Å²) >= 11 is 0. The molecule has 0 bridgehead atoms. The van der Waals surface area contributed by atoms with E-state index in [1.54, 1.807) is 43.5 Å². The van der Waals surface area contributed by atoms with Gasteiger partial charge in [0.25, 0.3) is 11.8 Å². The fourth-order valence-electron chi connectivity index (χ4n) is 5.24. The summed E-state index contributed by atoms with van der Waals surface area (Å²) in [7, 11) is 3.20. The predicted molar refractivity (Wildman–Crippen MR) is 134 cm³/mol. The molecule has 3 aliphatic rings. The topological polar surface area (TPSA) is 88.5 Å². The van der Waals surface area contributed by atoms with Crippen molar-refractivity contribution < 1.29 is 23.9 Å². The van der Waals surface area contributed by atoms with Crippen molar-refractivity contribution in [3.05, 3.63) is 71.3 Å². The minimum Gasteiger partial charge on any atom is -0.493 e. The zero-order chi connectivity index (χ0) is 25.2. The third kappa shape index (κ3) is 4.17. The standard InChI is InChI=1S/C28H29N3O5/c1-35-23-14-13-18(17-24(23)36-2)25-19-9-3-4-10-20(19)28(34)31(29-25)16-8-7-15-30-26(32)21-11-5-6-12-22(21)27(30)33/h3-6,11-14,17,19-20H,7-10,15-16H2,1-2H3. The van der Waals surface area contributed by atoms with Gasteiger partial charge in [0.05, 0.1) is 37.0 Å². The van der Waals surface area contributed by atoms with Crippen LogP contribution in [0.4, 0.5) is 0 Å². The first-order valence-corrected chi connectivity index (χ1v) is 12.3. The predicted octanol–water partition coefficient (Wildman–Crippen LogP) is 3.91. The van der Waals surface area contributed by atoms with Crippen molar-refractivity contribution in [3.8, 4) is 11.5 Å². The molecule has 8 nitrogen and oxygen atoms in total. The Kier molecular flexibility index (Phi) is 6.59. The molecule has 36 heavy (non-hydrogen) atoms. The average Bonchev–Trinajstić information content (AvgIpc) is 3.16. The van der Waals surface area contributed by atoms with E-state index < -0.39 is 0 Å². The molecule has 2 atom stereocenters. The van der Waals surface area contributed by atoms with Gasteiger partial charge in [0.15, 0.2) is 11.5 Å². The van der Waals surface area contributed by atoms with Crippen LogP contribution in [-0.4, -0.2) is 60.7 Å². The summed E-state index contributed by atoms with van der Waals surface area (Å²) in [5.74, 6) is 0.616. The van der Waals surface area contributed by atoms with Crippen LogP contribution >= 0.6 is 0 Å². The van der Waals surface area contributed by atoms with Crippen molar-refractivity contribution in [2.75, 3.05) is 27.3 Å². The van der Waals surface area contributed by atoms with Crippen molar-refractivity contribution in [1.82, 2.24) is 9.91 Å². The SMILES string of the molecule is COc1ccc(C2=NN(CCCCN3C(=O)c4ccccc4C3=O)C(=O)C3CC=CCC23)cc1OC. The molecular weight excluding hydrogens is 458 g/mol. The number of fused-ring (bicyclic) bond motifs is 2. The molecule has 0 aromatic heterocycles. The minimum atomic E-state index is -0.254. The third-order valence-electron chi connectivity index (χ3n) is 7.14. The van der Waals surface area contributed by atoms with Crippen molar-refractivity contribution >= 4 is 23.4 Å². The molecule has 186 valence electrons. The van der Waals surface area contributed by atoms with Gasteiger partial charge in [-0.1, -0.05) is 24.3 Å². The number of amides is 3. The molecule has 5 rings (SSSR count). The molecule has 2 heterocycles. The maximum absolute atomic E-state index is 13.3. The lowest BCUT2D eigenvalue weighted by molar-refractivity contribution is -0.137. The summed E-state index contributed by atoms with van der Waals surface area (Å²) in [6, 6.07) is 12.6. The number of carbonyl (C=O) groups is 3. The molecule has 2 aliphatic heterocycles. The zero-order valence-corrected chi connectivity index (χ0v) is 20.5. The summed E-state index contributed by atoms with van der Waals surface area (Å²) in [6.07, 6.45) is 6.83. The molecule has 8 heteroatoms. The summed E-state index contributed by atoms with van der Waals surface area (Å²) in [5, 5.41) is 6.37. The van der Waals surface area contributed by atoms with Crippen LogP contribution in [0.2, 0.25) is 0 Å². The van der Waals surface area contributed by atoms with Crippen molar-refractivity contribution in [1.29, 1.82) is 0 Å². The Hall–Kier alpha value is -3.94. The van der Waals surface area contributed by atoms with Gasteiger partial charge in [-0.05, 0) is 56.0 Å². The summed E-state index contributed by atoms with van der Waals surface area (Å²) in [4.78, 5) is 39.8. The highest BCUT2D eigenvalue weighted by atomic mass is 16.5. The number of methoxy groups -OCH3 is 2. The van der Waals surface area contributed by atoms with E-state index in [0.717, 1.165) is 17.7 Å². The van der Waals surface area contributed by atoms with Crippen LogP contribution in [0.1, 0.15) is 52.0 Å². The molecular formula is C28H29N3O5. The molecule has 0 N–H and O–H groups in total. The molecule has 0 saturated carbocycles. The van der Waals surface area contributed by atoms with Crippen molar-refractivity contribution in [3.63, 3.8) is 0 Å². The van der Waals surface area contributed by atoms with Gasteiger partial charge in [-0.3, -0.25) is 19.3 Å². The molecule has 2 aromatic rings. The first kappa shape index (κ1) is 23.8. The monoisotopic (exact) mass is 487 g/mol. The summed E-state index contributed by atoms with van der Waals surface area (Å²) in [5.41, 5.74) is 2.68. The highest BCUT2D eigenvalue weighted by Gasteiger charge is 2.40. The number of hydrogen-bond acceptors (Lipinski definition) is 6. The van der Waals surface area contributed by atoms with E-state index in [2.05, 4.69) is 12.2 Å². The zero-order valence-electron chi connectivity index (χ0n) is 20.5. The van der Waals surface area contributed by atoms with Gasteiger partial charge in [0.1, 0.15) is 0 Å². The summed E-state index contributed by atoms with van der Waals surface area (Å²) in [6.45, 7) is 0.737. The van der Waals surface area contributed by atoms with Gasteiger partial charge < -0.3 is 9.47 Å². The second-order valence-corrected chi connectivity index (χ2v) is 9.19. The van der Waals surface area contributed by atoms with Crippen molar-refractivity contribution in [2.45, 2.75) is 25.7 Å². The van der Waals surface area contributed by atoms with E-state index >= 15 is 0 Å². The van der Waals surface area contributed by atoms with E-state index in [4.69, 9.17) is 14.6 Å². The molecule has 0 spiro atoms. The lowest BCUT2D eigenvalue weighted by atomic mass is 9.76. The largest absolute Gasteiger partial charge is 0.493 e. The number of rotatable bonds is 8. The van der Waals surface area contributed by atoms with E-state index in [1.165, 1.54) is 4.90 Å². The number of carbonyl (C=O) groups excluding carboxylic acids is 3. The van der Waals surface area contributed by atoms with E-state index in [1.807, 2.05) is 18.2 Å². The Bertz CT molecular complexity index is 1230. The maximum Gasteiger partial charge on any atom is 0.261 e. The van der Waals surface area contributed by atoms with Crippen LogP contribution in [0.25, 0.3) is 0 Å². The lowest BCUT2D eigenvalue weighted by Crippen LogP contribution is -2.45. The molecule has 0 fully saturated rings. The Labute approximate surface area is 210 Å². The Morgan fingerprint density at radius 2 is 1.47 bits per heavy atom. The second kappa shape index (κ2) is 9.97. The van der Waals surface area contributed by atoms with E-state index in [-0.39, 0.29) is 29.6 Å². The molecule has 1 aliphatic carbocycles. The van der Waals surface area contributed by atoms with Crippen molar-refractivity contribution in [2.24, 2.45) is 16.9 Å². The Balaban J connectivity index is 1.30. The van der Waals surface area contributed by atoms with Gasteiger partial charge in [-0.25, -0.2) is 5.01 Å². The fraction of sp³-hybridized carbons (Fsp3) is 0.357. The van der Waals surface area contributed by atoms with Gasteiger partial charge in [-0.2, -0.15) is 5.10 Å². The van der Waals surface area contributed by atoms with Gasteiger partial charge >= 0.3 is 0 Å². The lowest BCUT2D eigenvalue weighted by Gasteiger charge is -2.37. The van der Waals surface area contributed by atoms with Gasteiger partial charge in [0, 0.05) is 24.6 Å². The van der Waals surface area contributed by atoms with Crippen LogP contribution in [0.5, 0.6) is 11.5 Å². The van der Waals surface area contributed by atoms with Crippen LogP contribution in [0, 0.1) is 11.8 Å². The molecule has 2 aromatic carbocycles. The first-order chi connectivity index (χ1) is 17.5. The summed E-state index contributed by atoms with van der Waals surface area (Å²) < 4.78 is 10.9. The molecule has 2 unspecified atom stereocenters. The Morgan fingerprint density at radius 1 is 0.833 bits per heavy atom. The number of hydrogen-bond donors (Lipinski definition) is 0. The first-order valence-electron chi connectivity index (χ1n) is 12.3. The van der Waals surface area contributed by atoms with Crippen LogP contribution in [-0.2, 0) is 4.79 Å². The number of hydrazone groups is 1. The van der Waals surface area contributed by atoms with Gasteiger partial charge in [0.2, 0.25) is 5.91 Å². The van der Waals surface area contributed by atoms with Crippen LogP contribution in [0.3, 0.4) is 0 Å². The normalized spacial score (nSPS) is 20.8. The number of nitrogens with zero attached hydrogens (tertiary/aromatic N) is 3. The molecule has 0 saturated heterocycles. The van der Waals surface area contributed by atoms with Crippen LogP contribution in [0.15, 0.2) is 59.7 Å². The highest BCUT2D eigenvalue weighted by Crippen LogP contribution is 2.37. The minimum absolute atomic E-state index is 0.00944. The number of imide groups is 1. The number of benzene rings is 2. The highest BCUT2D eigenvalue weighted by molar-refractivity contribution is 6.21. The quantitative estimate of drug-likeness (QED) is 0.320. The number of unbranched alkanes of at least 4 members (excludes halogenated alkanes) is 1. The maximum atomic E-state index is 13.3. The molecule has 3 amide bonds. The number of allylic oxidation sites excluding steroid dienone is 2. The number of ether oxygens (including phenoxy) is 2. The van der Waals surface area contributed by atoms with E-state index in [9.17, 15) is 14.4 Å². The van der Waals surface area contributed by atoms with Gasteiger partial charge in [-0.15, -0.1) is 0 Å². The average molecular weight is 488 g/mol. The smallest absolute Gasteiger partial charge is 0.261 e. The van der Waals surface area contributed by atoms with E-state index in [0.29, 0.717) is 55.0 Å². The second-order valence-electron chi connectivity index (χ2n) is 9.19. The molecule has 0 radical (unpaired) electrons. The fourth-order valence-corrected chi connectivity index (χ4v) is 5.24. The third-order valence-corrected chi connectivity index (χ3v) is 7.14. The van der Waals surface area contributed by atoms with Crippen LogP contribution < -0.4 is 9.47 Å². The Morgan fingerprint density at radius 3 is 2.14 bits per heavy atom.